The van der Waals surface area contributed by atoms with Crippen molar-refractivity contribution in [3.8, 4) is 17.0 Å². The first kappa shape index (κ1) is 12.5. The van der Waals surface area contributed by atoms with Gasteiger partial charge >= 0.3 is 0 Å². The summed E-state index contributed by atoms with van der Waals surface area (Å²) in [4.78, 5) is 4.21. The summed E-state index contributed by atoms with van der Waals surface area (Å²) < 4.78 is 8.85. The lowest BCUT2D eigenvalue weighted by Crippen LogP contribution is -1.99. The SMILES string of the molecule is COc1ccc(-c2c(C)nn(C)c2C)n2nc(N)nc12. The predicted molar refractivity (Wildman–Crippen MR) is 75.6 cm³/mol. The molecular weight excluding hydrogens is 256 g/mol. The van der Waals surface area contributed by atoms with Crippen molar-refractivity contribution in [3.05, 3.63) is 23.5 Å². The molecule has 0 aliphatic carbocycles. The Morgan fingerprint density at radius 2 is 1.95 bits per heavy atom. The predicted octanol–water partition coefficient (Wildman–Crippen LogP) is 1.34. The zero-order chi connectivity index (χ0) is 14.4. The Morgan fingerprint density at radius 1 is 1.20 bits per heavy atom. The van der Waals surface area contributed by atoms with E-state index in [0.717, 1.165) is 22.6 Å². The van der Waals surface area contributed by atoms with Crippen LogP contribution in [-0.4, -0.2) is 31.5 Å². The summed E-state index contributed by atoms with van der Waals surface area (Å²) in [5, 5.41) is 8.69. The van der Waals surface area contributed by atoms with Crippen LogP contribution in [0, 0.1) is 13.8 Å². The summed E-state index contributed by atoms with van der Waals surface area (Å²) in [6, 6.07) is 3.81. The highest BCUT2D eigenvalue weighted by atomic mass is 16.5. The molecule has 0 unspecified atom stereocenters. The molecule has 0 saturated heterocycles. The van der Waals surface area contributed by atoms with E-state index in [9.17, 15) is 0 Å². The molecule has 104 valence electrons. The number of pyridine rings is 1. The number of nitrogens with two attached hydrogens (primary N) is 1. The van der Waals surface area contributed by atoms with Crippen LogP contribution in [-0.2, 0) is 7.05 Å². The topological polar surface area (TPSA) is 83.3 Å². The maximum Gasteiger partial charge on any atom is 0.240 e. The van der Waals surface area contributed by atoms with E-state index in [2.05, 4.69) is 15.2 Å². The second-order valence-electron chi connectivity index (χ2n) is 4.66. The fraction of sp³-hybridized carbons (Fsp3) is 0.308. The number of nitrogens with zero attached hydrogens (tertiary/aromatic N) is 5. The van der Waals surface area contributed by atoms with Gasteiger partial charge in [-0.05, 0) is 26.0 Å². The van der Waals surface area contributed by atoms with Gasteiger partial charge in [-0.2, -0.15) is 10.1 Å². The minimum Gasteiger partial charge on any atom is -0.493 e. The van der Waals surface area contributed by atoms with Gasteiger partial charge < -0.3 is 10.5 Å². The lowest BCUT2D eigenvalue weighted by Gasteiger charge is -2.07. The average Bonchev–Trinajstić information content (AvgIpc) is 2.90. The number of methoxy groups -OCH3 is 1. The summed E-state index contributed by atoms with van der Waals surface area (Å²) >= 11 is 0. The Bertz CT molecular complexity index is 801. The number of anilines is 1. The maximum absolute atomic E-state index is 5.72. The van der Waals surface area contributed by atoms with Crippen molar-refractivity contribution in [2.24, 2.45) is 7.05 Å². The van der Waals surface area contributed by atoms with Crippen molar-refractivity contribution in [1.29, 1.82) is 0 Å². The number of rotatable bonds is 2. The number of aromatic nitrogens is 5. The van der Waals surface area contributed by atoms with Gasteiger partial charge in [0.15, 0.2) is 11.4 Å². The van der Waals surface area contributed by atoms with Gasteiger partial charge in [-0.25, -0.2) is 4.52 Å². The standard InChI is InChI=1S/C13H16N6O/c1-7-11(8(2)18(3)16-7)9-5-6-10(20-4)12-15-13(14)17-19(9)12/h5-6H,1-4H3,(H2,14,17). The van der Waals surface area contributed by atoms with Crippen molar-refractivity contribution >= 4 is 11.6 Å². The normalized spacial score (nSPS) is 11.2. The zero-order valence-corrected chi connectivity index (χ0v) is 11.9. The largest absolute Gasteiger partial charge is 0.493 e. The fourth-order valence-corrected chi connectivity index (χ4v) is 2.45. The zero-order valence-electron chi connectivity index (χ0n) is 11.9. The molecule has 0 saturated carbocycles. The summed E-state index contributed by atoms with van der Waals surface area (Å²) in [6.45, 7) is 3.99. The number of fused-ring (bicyclic) bond motifs is 1. The van der Waals surface area contributed by atoms with Crippen LogP contribution in [0.15, 0.2) is 12.1 Å². The van der Waals surface area contributed by atoms with E-state index in [-0.39, 0.29) is 5.95 Å². The molecule has 0 fully saturated rings. The van der Waals surface area contributed by atoms with Gasteiger partial charge in [-0.3, -0.25) is 4.68 Å². The molecule has 2 N–H and O–H groups in total. The van der Waals surface area contributed by atoms with Gasteiger partial charge in [-0.1, -0.05) is 0 Å². The van der Waals surface area contributed by atoms with Crippen LogP contribution in [0.4, 0.5) is 5.95 Å². The Hall–Kier alpha value is -2.57. The number of hydrogen-bond acceptors (Lipinski definition) is 5. The summed E-state index contributed by atoms with van der Waals surface area (Å²) in [7, 11) is 3.52. The molecule has 0 aliphatic rings. The molecule has 3 rings (SSSR count). The minimum absolute atomic E-state index is 0.218. The Labute approximate surface area is 116 Å². The molecule has 3 aromatic rings. The average molecular weight is 272 g/mol. The number of aryl methyl sites for hydroxylation is 2. The first-order valence-corrected chi connectivity index (χ1v) is 6.22. The molecule has 7 nitrogen and oxygen atoms in total. The van der Waals surface area contributed by atoms with E-state index in [1.165, 1.54) is 0 Å². The van der Waals surface area contributed by atoms with Crippen LogP contribution in [0.25, 0.3) is 16.9 Å². The van der Waals surface area contributed by atoms with E-state index < -0.39 is 0 Å². The second-order valence-corrected chi connectivity index (χ2v) is 4.66. The van der Waals surface area contributed by atoms with Crippen molar-refractivity contribution in [1.82, 2.24) is 24.4 Å². The third-order valence-electron chi connectivity index (χ3n) is 3.45. The molecule has 3 aromatic heterocycles. The molecule has 0 aromatic carbocycles. The molecule has 0 bridgehead atoms. The maximum atomic E-state index is 5.72. The number of nitrogen functional groups attached to an aromatic ring is 1. The molecule has 0 amide bonds. The third kappa shape index (κ3) is 1.63. The number of hydrogen-bond donors (Lipinski definition) is 1. The van der Waals surface area contributed by atoms with Crippen LogP contribution in [0.1, 0.15) is 11.4 Å². The van der Waals surface area contributed by atoms with Crippen molar-refractivity contribution in [3.63, 3.8) is 0 Å². The van der Waals surface area contributed by atoms with E-state index in [1.54, 1.807) is 11.6 Å². The lowest BCUT2D eigenvalue weighted by atomic mass is 10.1. The van der Waals surface area contributed by atoms with E-state index in [4.69, 9.17) is 10.5 Å². The van der Waals surface area contributed by atoms with Crippen LogP contribution in [0.3, 0.4) is 0 Å². The summed E-state index contributed by atoms with van der Waals surface area (Å²) in [5.41, 5.74) is 10.2. The van der Waals surface area contributed by atoms with Gasteiger partial charge in [0.25, 0.3) is 0 Å². The second kappa shape index (κ2) is 4.22. The molecule has 0 aliphatic heterocycles. The minimum atomic E-state index is 0.218. The van der Waals surface area contributed by atoms with E-state index >= 15 is 0 Å². The van der Waals surface area contributed by atoms with Crippen LogP contribution < -0.4 is 10.5 Å². The van der Waals surface area contributed by atoms with Crippen molar-refractivity contribution < 1.29 is 4.74 Å². The van der Waals surface area contributed by atoms with Gasteiger partial charge in [0, 0.05) is 18.3 Å². The van der Waals surface area contributed by atoms with E-state index in [0.29, 0.717) is 11.4 Å². The molecule has 0 atom stereocenters. The highest BCUT2D eigenvalue weighted by Gasteiger charge is 2.18. The summed E-state index contributed by atoms with van der Waals surface area (Å²) in [5.74, 6) is 0.854. The molecule has 20 heavy (non-hydrogen) atoms. The smallest absolute Gasteiger partial charge is 0.240 e. The third-order valence-corrected chi connectivity index (χ3v) is 3.45. The van der Waals surface area contributed by atoms with Crippen molar-refractivity contribution in [2.75, 3.05) is 12.8 Å². The number of ether oxygens (including phenoxy) is 1. The highest BCUT2D eigenvalue weighted by Crippen LogP contribution is 2.30. The molecule has 0 spiro atoms. The van der Waals surface area contributed by atoms with Crippen LogP contribution >= 0.6 is 0 Å². The van der Waals surface area contributed by atoms with Gasteiger partial charge in [0.2, 0.25) is 5.95 Å². The quantitative estimate of drug-likeness (QED) is 0.761. The first-order valence-electron chi connectivity index (χ1n) is 6.22. The lowest BCUT2D eigenvalue weighted by molar-refractivity contribution is 0.416. The highest BCUT2D eigenvalue weighted by molar-refractivity contribution is 5.71. The summed E-state index contributed by atoms with van der Waals surface area (Å²) in [6.07, 6.45) is 0. The Kier molecular flexibility index (Phi) is 2.63. The molecule has 3 heterocycles. The van der Waals surface area contributed by atoms with Crippen LogP contribution in [0.5, 0.6) is 5.75 Å². The van der Waals surface area contributed by atoms with Gasteiger partial charge in [0.05, 0.1) is 18.5 Å². The van der Waals surface area contributed by atoms with Gasteiger partial charge in [-0.15, -0.1) is 5.10 Å². The van der Waals surface area contributed by atoms with Gasteiger partial charge in [0.1, 0.15) is 0 Å². The molecular formula is C13H16N6O. The molecule has 7 heteroatoms. The Morgan fingerprint density at radius 3 is 2.55 bits per heavy atom. The van der Waals surface area contributed by atoms with Crippen LogP contribution in [0.2, 0.25) is 0 Å². The monoisotopic (exact) mass is 272 g/mol. The fourth-order valence-electron chi connectivity index (χ4n) is 2.45. The Balaban J connectivity index is 2.37. The van der Waals surface area contributed by atoms with E-state index in [1.807, 2.05) is 37.7 Å². The molecule has 0 radical (unpaired) electrons. The first-order chi connectivity index (χ1) is 9.52. The van der Waals surface area contributed by atoms with Crippen molar-refractivity contribution in [2.45, 2.75) is 13.8 Å².